The molecule has 1 saturated carbocycles. The second-order valence-electron chi connectivity index (χ2n) is 8.70. The average Bonchev–Trinajstić information content (AvgIpc) is 3.23. The van der Waals surface area contributed by atoms with E-state index in [9.17, 15) is 23.5 Å². The topological polar surface area (TPSA) is 114 Å². The number of carbonyl (C=O) groups is 2. The number of carboxylic acids is 1. The second kappa shape index (κ2) is 10.9. The molecule has 0 aliphatic heterocycles. The average molecular weight is 520 g/mol. The molecule has 1 aliphatic carbocycles. The van der Waals surface area contributed by atoms with Crippen molar-refractivity contribution in [2.45, 2.75) is 44.6 Å². The van der Waals surface area contributed by atoms with Gasteiger partial charge >= 0.3 is 5.97 Å². The monoisotopic (exact) mass is 519 g/mol. The number of aromatic hydroxyl groups is 1. The van der Waals surface area contributed by atoms with E-state index < -0.39 is 35.3 Å². The van der Waals surface area contributed by atoms with Crippen molar-refractivity contribution in [3.8, 4) is 17.4 Å². The van der Waals surface area contributed by atoms with Crippen LogP contribution in [0.4, 0.5) is 14.6 Å². The lowest BCUT2D eigenvalue weighted by Crippen LogP contribution is -2.28. The second-order valence-corrected chi connectivity index (χ2v) is 9.10. The molecule has 1 atom stereocenters. The number of halogens is 3. The number of nitrogens with one attached hydrogen (secondary N) is 1. The summed E-state index contributed by atoms with van der Waals surface area (Å²) < 4.78 is 35.1. The van der Waals surface area contributed by atoms with Crippen LogP contribution in [0.5, 0.6) is 17.4 Å². The first-order valence-electron chi connectivity index (χ1n) is 11.5. The third-order valence-electron chi connectivity index (χ3n) is 6.21. The van der Waals surface area contributed by atoms with E-state index in [-0.39, 0.29) is 34.0 Å². The van der Waals surface area contributed by atoms with E-state index in [2.05, 4.69) is 10.3 Å². The quantitative estimate of drug-likeness (QED) is 0.307. The minimum absolute atomic E-state index is 0.0305. The molecular weight excluding hydrogens is 496 g/mol. The zero-order chi connectivity index (χ0) is 25.8. The predicted octanol–water partition coefficient (Wildman–Crippen LogP) is 6.16. The number of hydrogen-bond acceptors (Lipinski definition) is 5. The molecule has 1 amide bonds. The lowest BCUT2D eigenvalue weighted by atomic mass is 9.84. The normalized spacial score (nSPS) is 14.9. The summed E-state index contributed by atoms with van der Waals surface area (Å²) in [5.74, 6) is -4.48. The van der Waals surface area contributed by atoms with Crippen LogP contribution in [0.15, 0.2) is 42.7 Å². The highest BCUT2D eigenvalue weighted by Crippen LogP contribution is 2.38. The maximum Gasteiger partial charge on any atom is 0.337 e. The Bertz CT molecular complexity index is 1260. The van der Waals surface area contributed by atoms with Crippen molar-refractivity contribution in [2.24, 2.45) is 5.92 Å². The molecule has 4 rings (SSSR count). The molecule has 1 aromatic carbocycles. The Morgan fingerprint density at radius 2 is 1.94 bits per heavy atom. The fourth-order valence-electron chi connectivity index (χ4n) is 4.36. The Morgan fingerprint density at radius 3 is 2.61 bits per heavy atom. The molecule has 190 valence electrons. The molecule has 0 unspecified atom stereocenters. The third-order valence-corrected chi connectivity index (χ3v) is 6.50. The van der Waals surface area contributed by atoms with Gasteiger partial charge in [0.15, 0.2) is 23.3 Å². The molecule has 3 aromatic rings. The molecule has 2 aromatic heterocycles. The molecule has 1 aliphatic rings. The number of pyridine rings is 1. The number of anilines is 1. The van der Waals surface area contributed by atoms with E-state index in [1.54, 1.807) is 0 Å². The molecule has 1 fully saturated rings. The highest BCUT2D eigenvalue weighted by atomic mass is 35.5. The van der Waals surface area contributed by atoms with Gasteiger partial charge in [0.1, 0.15) is 17.6 Å². The van der Waals surface area contributed by atoms with Crippen molar-refractivity contribution in [2.75, 3.05) is 5.32 Å². The highest BCUT2D eigenvalue weighted by molar-refractivity contribution is 6.30. The first-order valence-corrected chi connectivity index (χ1v) is 11.8. The van der Waals surface area contributed by atoms with Gasteiger partial charge in [-0.1, -0.05) is 43.7 Å². The van der Waals surface area contributed by atoms with Crippen LogP contribution in [0.2, 0.25) is 5.02 Å². The fourth-order valence-corrected chi connectivity index (χ4v) is 4.51. The first-order chi connectivity index (χ1) is 17.2. The number of amides is 1. The summed E-state index contributed by atoms with van der Waals surface area (Å²) in [6, 6.07) is 4.96. The van der Waals surface area contributed by atoms with E-state index >= 15 is 0 Å². The maximum absolute atomic E-state index is 14.3. The summed E-state index contributed by atoms with van der Waals surface area (Å²) >= 11 is 5.73. The van der Waals surface area contributed by atoms with Gasteiger partial charge in [0.05, 0.1) is 16.8 Å². The smallest absolute Gasteiger partial charge is 0.337 e. The zero-order valence-corrected chi connectivity index (χ0v) is 19.8. The van der Waals surface area contributed by atoms with Crippen molar-refractivity contribution in [3.63, 3.8) is 0 Å². The van der Waals surface area contributed by atoms with Gasteiger partial charge < -0.3 is 24.8 Å². The Balaban J connectivity index is 1.60. The van der Waals surface area contributed by atoms with Crippen LogP contribution in [0.1, 0.15) is 54.9 Å². The van der Waals surface area contributed by atoms with Gasteiger partial charge in [-0.05, 0) is 36.6 Å². The minimum atomic E-state index is -1.15. The van der Waals surface area contributed by atoms with Crippen LogP contribution in [0.3, 0.4) is 0 Å². The van der Waals surface area contributed by atoms with E-state index in [1.807, 2.05) is 0 Å². The maximum atomic E-state index is 14.3. The van der Waals surface area contributed by atoms with Crippen LogP contribution in [0, 0.1) is 17.6 Å². The third kappa shape index (κ3) is 5.76. The van der Waals surface area contributed by atoms with Crippen molar-refractivity contribution in [1.82, 2.24) is 9.55 Å². The number of ether oxygens (including phenoxy) is 1. The van der Waals surface area contributed by atoms with Gasteiger partial charge in [-0.15, -0.1) is 0 Å². The molecule has 3 N–H and O–H groups in total. The number of benzene rings is 1. The SMILES string of the molecule is O=C(O)c1ccc(NC(=O)[C@H](CC2CCCCC2)n2cc(Oc3c(F)ccc(Cl)c3F)cc2O)nc1. The summed E-state index contributed by atoms with van der Waals surface area (Å²) in [7, 11) is 0. The first kappa shape index (κ1) is 25.4. The van der Waals surface area contributed by atoms with E-state index in [0.717, 1.165) is 56.5 Å². The molecule has 2 heterocycles. The molecule has 11 heteroatoms. The Labute approximate surface area is 210 Å². The van der Waals surface area contributed by atoms with Crippen LogP contribution in [-0.2, 0) is 4.79 Å². The summed E-state index contributed by atoms with van der Waals surface area (Å²) in [5, 5.41) is 22.0. The number of carbonyl (C=O) groups excluding carboxylic acids is 1. The lowest BCUT2D eigenvalue weighted by molar-refractivity contribution is -0.120. The number of rotatable bonds is 8. The molecule has 36 heavy (non-hydrogen) atoms. The van der Waals surface area contributed by atoms with Crippen molar-refractivity contribution < 1.29 is 33.3 Å². The summed E-state index contributed by atoms with van der Waals surface area (Å²) in [5.41, 5.74) is -0.0305. The fraction of sp³-hybridized carbons (Fsp3) is 0.320. The molecular formula is C25H24ClF2N3O5. The molecule has 0 bridgehead atoms. The van der Waals surface area contributed by atoms with E-state index in [0.29, 0.717) is 6.42 Å². The van der Waals surface area contributed by atoms with Gasteiger partial charge in [0, 0.05) is 12.3 Å². The van der Waals surface area contributed by atoms with E-state index in [4.69, 9.17) is 21.4 Å². The Kier molecular flexibility index (Phi) is 7.73. The summed E-state index contributed by atoms with van der Waals surface area (Å²) in [4.78, 5) is 28.3. The molecule has 8 nitrogen and oxygen atoms in total. The van der Waals surface area contributed by atoms with Crippen molar-refractivity contribution in [1.29, 1.82) is 0 Å². The number of aromatic carboxylic acids is 1. The number of carboxylic acid groups (broad SMARTS) is 1. The van der Waals surface area contributed by atoms with E-state index in [1.165, 1.54) is 22.9 Å². The van der Waals surface area contributed by atoms with Gasteiger partial charge in [0.2, 0.25) is 5.91 Å². The number of aromatic nitrogens is 2. The highest BCUT2D eigenvalue weighted by Gasteiger charge is 2.29. The van der Waals surface area contributed by atoms with Gasteiger partial charge in [-0.3, -0.25) is 4.79 Å². The Morgan fingerprint density at radius 1 is 1.19 bits per heavy atom. The van der Waals surface area contributed by atoms with Gasteiger partial charge in [0.25, 0.3) is 0 Å². The van der Waals surface area contributed by atoms with Gasteiger partial charge in [-0.25, -0.2) is 18.6 Å². The predicted molar refractivity (Wildman–Crippen MR) is 128 cm³/mol. The van der Waals surface area contributed by atoms with Crippen molar-refractivity contribution in [3.05, 3.63) is 64.9 Å². The standard InChI is InChI=1S/C25H24ClF2N3O5/c26-17-7-8-18(27)23(22(17)28)36-16-11-21(32)31(13-16)19(10-14-4-2-1-3-5-14)24(33)30-20-9-6-15(12-29-20)25(34)35/h6-9,11-14,19,32H,1-5,10H2,(H,34,35)(H,29,30,33)/t19-/m0/s1. The zero-order valence-electron chi connectivity index (χ0n) is 19.1. The summed E-state index contributed by atoms with van der Waals surface area (Å²) in [6.45, 7) is 0. The van der Waals surface area contributed by atoms with Crippen LogP contribution < -0.4 is 10.1 Å². The summed E-state index contributed by atoms with van der Waals surface area (Å²) in [6.07, 6.45) is 7.88. The number of hydrogen-bond donors (Lipinski definition) is 3. The largest absolute Gasteiger partial charge is 0.494 e. The van der Waals surface area contributed by atoms with Crippen LogP contribution in [0.25, 0.3) is 0 Å². The van der Waals surface area contributed by atoms with Crippen LogP contribution >= 0.6 is 11.6 Å². The molecule has 0 spiro atoms. The molecule has 0 saturated heterocycles. The minimum Gasteiger partial charge on any atom is -0.494 e. The molecule has 0 radical (unpaired) electrons. The van der Waals surface area contributed by atoms with Crippen LogP contribution in [-0.4, -0.2) is 31.6 Å². The van der Waals surface area contributed by atoms with Crippen molar-refractivity contribution >= 4 is 29.3 Å². The lowest BCUT2D eigenvalue weighted by Gasteiger charge is -2.27. The van der Waals surface area contributed by atoms with Gasteiger partial charge in [-0.2, -0.15) is 0 Å². The Hall–Kier alpha value is -3.66. The number of nitrogens with zero attached hydrogens (tertiary/aromatic N) is 2.